The average Bonchev–Trinajstić information content (AvgIpc) is 3.06. The fourth-order valence-electron chi connectivity index (χ4n) is 2.43. The van der Waals surface area contributed by atoms with E-state index in [0.717, 1.165) is 31.7 Å². The summed E-state index contributed by atoms with van der Waals surface area (Å²) in [6.45, 7) is 2.16. The number of nitrogens with one attached hydrogen (secondary N) is 1. The second-order valence-corrected chi connectivity index (χ2v) is 5.42. The van der Waals surface area contributed by atoms with Crippen molar-refractivity contribution < 1.29 is 9.84 Å². The van der Waals surface area contributed by atoms with Crippen LogP contribution in [0.15, 0.2) is 18.5 Å². The molecule has 1 aromatic heterocycles. The third-order valence-electron chi connectivity index (χ3n) is 3.95. The Morgan fingerprint density at radius 3 is 2.84 bits per heavy atom. The van der Waals surface area contributed by atoms with Crippen LogP contribution < -0.4 is 10.1 Å². The van der Waals surface area contributed by atoms with E-state index in [9.17, 15) is 0 Å². The molecule has 5 heteroatoms. The summed E-state index contributed by atoms with van der Waals surface area (Å²) in [7, 11) is 0. The molecule has 4 nitrogen and oxygen atoms in total. The van der Waals surface area contributed by atoms with Crippen molar-refractivity contribution >= 4 is 12.4 Å². The number of pyridine rings is 1. The highest BCUT2D eigenvalue weighted by molar-refractivity contribution is 5.85. The first-order chi connectivity index (χ1) is 8.85. The summed E-state index contributed by atoms with van der Waals surface area (Å²) in [6.07, 6.45) is 7.04. The Balaban J connectivity index is 0.00000133. The normalized spacial score (nSPS) is 28.2. The molecule has 3 rings (SSSR count). The van der Waals surface area contributed by atoms with E-state index >= 15 is 0 Å². The minimum Gasteiger partial charge on any atom is -0.490 e. The van der Waals surface area contributed by atoms with Gasteiger partial charge in [0, 0.05) is 18.8 Å². The van der Waals surface area contributed by atoms with Gasteiger partial charge in [-0.25, -0.2) is 0 Å². The van der Waals surface area contributed by atoms with Crippen LogP contribution in [0.1, 0.15) is 18.4 Å². The first kappa shape index (κ1) is 14.6. The van der Waals surface area contributed by atoms with E-state index in [-0.39, 0.29) is 12.4 Å². The molecule has 0 radical (unpaired) electrons. The summed E-state index contributed by atoms with van der Waals surface area (Å²) >= 11 is 0. The molecule has 2 N–H and O–H groups in total. The molecule has 2 aliphatic rings. The quantitative estimate of drug-likeness (QED) is 0.829. The van der Waals surface area contributed by atoms with Crippen molar-refractivity contribution in [3.05, 3.63) is 24.0 Å². The van der Waals surface area contributed by atoms with Crippen LogP contribution in [-0.4, -0.2) is 35.9 Å². The van der Waals surface area contributed by atoms with Crippen LogP contribution in [0, 0.1) is 11.8 Å². The lowest BCUT2D eigenvalue weighted by molar-refractivity contribution is 0.216. The van der Waals surface area contributed by atoms with Crippen LogP contribution in [0.5, 0.6) is 5.75 Å². The zero-order valence-electron chi connectivity index (χ0n) is 10.9. The van der Waals surface area contributed by atoms with Crippen LogP contribution in [0.25, 0.3) is 0 Å². The van der Waals surface area contributed by atoms with E-state index in [4.69, 9.17) is 9.84 Å². The molecule has 0 bridgehead atoms. The summed E-state index contributed by atoms with van der Waals surface area (Å²) in [5, 5.41) is 12.4. The lowest BCUT2D eigenvalue weighted by Crippen LogP contribution is -2.46. The van der Waals surface area contributed by atoms with E-state index in [1.54, 1.807) is 6.20 Å². The van der Waals surface area contributed by atoms with Gasteiger partial charge < -0.3 is 15.2 Å². The van der Waals surface area contributed by atoms with E-state index in [2.05, 4.69) is 16.4 Å². The van der Waals surface area contributed by atoms with Crippen LogP contribution in [0.3, 0.4) is 0 Å². The van der Waals surface area contributed by atoms with Gasteiger partial charge in [0.1, 0.15) is 12.4 Å². The highest BCUT2D eigenvalue weighted by atomic mass is 35.5. The van der Waals surface area contributed by atoms with Gasteiger partial charge in [-0.2, -0.15) is 0 Å². The molecule has 1 saturated carbocycles. The Hall–Kier alpha value is -0.840. The number of aromatic nitrogens is 1. The first-order valence-electron chi connectivity index (χ1n) is 6.76. The topological polar surface area (TPSA) is 54.4 Å². The van der Waals surface area contributed by atoms with E-state index in [1.165, 1.54) is 12.0 Å². The third-order valence-corrected chi connectivity index (χ3v) is 3.95. The van der Waals surface area contributed by atoms with Gasteiger partial charge in [0.05, 0.1) is 6.20 Å². The van der Waals surface area contributed by atoms with E-state index in [1.807, 2.05) is 6.20 Å². The van der Waals surface area contributed by atoms with Crippen LogP contribution in [-0.2, 0) is 6.42 Å². The monoisotopic (exact) mass is 284 g/mol. The van der Waals surface area contributed by atoms with Gasteiger partial charge in [-0.05, 0) is 49.3 Å². The molecule has 1 aromatic rings. The molecule has 106 valence electrons. The molecule has 1 saturated heterocycles. The fourth-order valence-corrected chi connectivity index (χ4v) is 2.43. The zero-order chi connectivity index (χ0) is 12.4. The Labute approximate surface area is 120 Å². The summed E-state index contributed by atoms with van der Waals surface area (Å²) in [5.41, 5.74) is 1.22. The zero-order valence-corrected chi connectivity index (χ0v) is 11.7. The summed E-state index contributed by atoms with van der Waals surface area (Å²) < 4.78 is 5.73. The van der Waals surface area contributed by atoms with Crippen molar-refractivity contribution in [2.24, 2.45) is 11.8 Å². The number of aliphatic hydroxyl groups is 1. The average molecular weight is 285 g/mol. The number of rotatable bonds is 6. The highest BCUT2D eigenvalue weighted by Gasteiger charge is 2.36. The SMILES string of the molecule is Cl.OC[C@@H]1C[C@H]1Cc1cncc(OC[C@@H]2CCN2)c1. The van der Waals surface area contributed by atoms with E-state index in [0.29, 0.717) is 24.5 Å². The number of nitrogens with zero attached hydrogens (tertiary/aromatic N) is 1. The number of hydrogen-bond donors (Lipinski definition) is 2. The van der Waals surface area contributed by atoms with Gasteiger partial charge in [0.25, 0.3) is 0 Å². The summed E-state index contributed by atoms with van der Waals surface area (Å²) in [6, 6.07) is 2.59. The van der Waals surface area contributed by atoms with Crippen LogP contribution >= 0.6 is 12.4 Å². The molecular formula is C14H21ClN2O2. The van der Waals surface area contributed by atoms with Crippen LogP contribution in [0.4, 0.5) is 0 Å². The largest absolute Gasteiger partial charge is 0.490 e. The van der Waals surface area contributed by atoms with Gasteiger partial charge in [-0.3, -0.25) is 4.98 Å². The van der Waals surface area contributed by atoms with Crippen molar-refractivity contribution in [2.45, 2.75) is 25.3 Å². The standard InChI is InChI=1S/C14H20N2O2.ClH/c17-8-12-5-11(12)3-10-4-14(7-15-6-10)18-9-13-1-2-16-13;/h4,6-7,11-13,16-17H,1-3,5,8-9H2;1H/t11-,12+,13+;/m1./s1. The minimum absolute atomic E-state index is 0. The molecule has 1 aliphatic carbocycles. The summed E-state index contributed by atoms with van der Waals surface area (Å²) in [5.74, 6) is 2.01. The number of hydrogen-bond acceptors (Lipinski definition) is 4. The number of halogens is 1. The molecule has 0 amide bonds. The Morgan fingerprint density at radius 1 is 1.37 bits per heavy atom. The van der Waals surface area contributed by atoms with Crippen molar-refractivity contribution in [3.8, 4) is 5.75 Å². The molecule has 3 atom stereocenters. The van der Waals surface area contributed by atoms with Gasteiger partial charge in [0.2, 0.25) is 0 Å². The molecule has 0 spiro atoms. The first-order valence-corrected chi connectivity index (χ1v) is 6.76. The molecule has 0 unspecified atom stereocenters. The second-order valence-electron chi connectivity index (χ2n) is 5.42. The highest BCUT2D eigenvalue weighted by Crippen LogP contribution is 2.40. The summed E-state index contributed by atoms with van der Waals surface area (Å²) in [4.78, 5) is 4.23. The van der Waals surface area contributed by atoms with Crippen molar-refractivity contribution in [1.82, 2.24) is 10.3 Å². The molecular weight excluding hydrogens is 264 g/mol. The maximum atomic E-state index is 9.04. The molecule has 19 heavy (non-hydrogen) atoms. The number of aliphatic hydroxyl groups excluding tert-OH is 1. The maximum absolute atomic E-state index is 9.04. The Morgan fingerprint density at radius 2 is 2.21 bits per heavy atom. The lowest BCUT2D eigenvalue weighted by Gasteiger charge is -2.27. The Bertz CT molecular complexity index is 412. The molecule has 2 heterocycles. The number of ether oxygens (including phenoxy) is 1. The van der Waals surface area contributed by atoms with Crippen molar-refractivity contribution in [3.63, 3.8) is 0 Å². The van der Waals surface area contributed by atoms with Crippen molar-refractivity contribution in [2.75, 3.05) is 19.8 Å². The van der Waals surface area contributed by atoms with Gasteiger partial charge in [-0.1, -0.05) is 0 Å². The predicted octanol–water partition coefficient (Wildman–Crippen LogP) is 1.41. The van der Waals surface area contributed by atoms with Crippen molar-refractivity contribution in [1.29, 1.82) is 0 Å². The lowest BCUT2D eigenvalue weighted by atomic mass is 10.1. The van der Waals surface area contributed by atoms with Gasteiger partial charge >= 0.3 is 0 Å². The van der Waals surface area contributed by atoms with Gasteiger partial charge in [0.15, 0.2) is 0 Å². The molecule has 1 aliphatic heterocycles. The van der Waals surface area contributed by atoms with Gasteiger partial charge in [-0.15, -0.1) is 12.4 Å². The second kappa shape index (κ2) is 6.55. The smallest absolute Gasteiger partial charge is 0.137 e. The third kappa shape index (κ3) is 3.81. The Kier molecular flexibility index (Phi) is 5.02. The molecule has 2 fully saturated rings. The van der Waals surface area contributed by atoms with Crippen LogP contribution in [0.2, 0.25) is 0 Å². The van der Waals surface area contributed by atoms with E-state index < -0.39 is 0 Å². The fraction of sp³-hybridized carbons (Fsp3) is 0.643. The molecule has 0 aromatic carbocycles. The minimum atomic E-state index is 0. The maximum Gasteiger partial charge on any atom is 0.137 e. The predicted molar refractivity (Wildman–Crippen MR) is 75.8 cm³/mol.